The molecule has 0 aliphatic heterocycles. The smallest absolute Gasteiger partial charge is 0.367 e. The molecule has 0 bridgehead atoms. The Hall–Kier alpha value is -1.56. The first-order valence-electron chi connectivity index (χ1n) is 3.71. The molecule has 0 atom stereocenters. The van der Waals surface area contributed by atoms with Crippen LogP contribution in [0.4, 0.5) is 4.39 Å². The fourth-order valence-corrected chi connectivity index (χ4v) is 1.84. The highest BCUT2D eigenvalue weighted by Crippen LogP contribution is 2.21. The molecule has 0 aliphatic rings. The minimum Gasteiger partial charge on any atom is -0.464 e. The van der Waals surface area contributed by atoms with Crippen molar-refractivity contribution in [2.45, 2.75) is 0 Å². The van der Waals surface area contributed by atoms with Gasteiger partial charge >= 0.3 is 5.97 Å². The van der Waals surface area contributed by atoms with Crippen LogP contribution in [-0.4, -0.2) is 23.0 Å². The number of nitrogens with zero attached hydrogens (tertiary/aromatic N) is 2. The molecule has 0 saturated carbocycles. The SMILES string of the molecule is COC(=O)c1nc2ncc(F)cc2s1. The van der Waals surface area contributed by atoms with E-state index in [4.69, 9.17) is 0 Å². The number of hydrogen-bond donors (Lipinski definition) is 0. The summed E-state index contributed by atoms with van der Waals surface area (Å²) in [6.45, 7) is 0. The van der Waals surface area contributed by atoms with Gasteiger partial charge in [0.2, 0.25) is 5.01 Å². The number of carbonyl (C=O) groups excluding carboxylic acids is 1. The lowest BCUT2D eigenvalue weighted by molar-refractivity contribution is 0.0600. The quantitative estimate of drug-likeness (QED) is 0.674. The van der Waals surface area contributed by atoms with Crippen LogP contribution in [0.25, 0.3) is 10.3 Å². The first-order chi connectivity index (χ1) is 6.70. The number of esters is 1. The maximum absolute atomic E-state index is 12.7. The maximum atomic E-state index is 12.7. The molecule has 6 heteroatoms. The number of thiazole rings is 1. The summed E-state index contributed by atoms with van der Waals surface area (Å²) >= 11 is 1.06. The maximum Gasteiger partial charge on any atom is 0.367 e. The van der Waals surface area contributed by atoms with Crippen molar-refractivity contribution in [3.05, 3.63) is 23.1 Å². The Bertz CT molecular complexity index is 497. The summed E-state index contributed by atoms with van der Waals surface area (Å²) in [6.07, 6.45) is 1.06. The van der Waals surface area contributed by atoms with E-state index in [0.717, 1.165) is 17.5 Å². The van der Waals surface area contributed by atoms with Gasteiger partial charge in [-0.2, -0.15) is 0 Å². The molecular formula is C8H5FN2O2S. The van der Waals surface area contributed by atoms with Gasteiger partial charge in [-0.05, 0) is 6.07 Å². The fourth-order valence-electron chi connectivity index (χ4n) is 0.970. The third-order valence-corrected chi connectivity index (χ3v) is 2.55. The average molecular weight is 212 g/mol. The number of ether oxygens (including phenoxy) is 1. The molecule has 2 heterocycles. The summed E-state index contributed by atoms with van der Waals surface area (Å²) in [5.41, 5.74) is 0.358. The Morgan fingerprint density at radius 1 is 1.64 bits per heavy atom. The molecule has 72 valence electrons. The van der Waals surface area contributed by atoms with Crippen molar-refractivity contribution in [2.24, 2.45) is 0 Å². The molecule has 4 nitrogen and oxygen atoms in total. The van der Waals surface area contributed by atoms with Crippen molar-refractivity contribution in [3.8, 4) is 0 Å². The van der Waals surface area contributed by atoms with Gasteiger partial charge in [-0.1, -0.05) is 0 Å². The van der Waals surface area contributed by atoms with Crippen molar-refractivity contribution >= 4 is 27.7 Å². The third-order valence-electron chi connectivity index (χ3n) is 1.57. The van der Waals surface area contributed by atoms with Crippen LogP contribution in [0.5, 0.6) is 0 Å². The lowest BCUT2D eigenvalue weighted by atomic mass is 10.5. The molecule has 0 aliphatic carbocycles. The van der Waals surface area contributed by atoms with Gasteiger partial charge in [-0.3, -0.25) is 0 Å². The van der Waals surface area contributed by atoms with Crippen LogP contribution in [-0.2, 0) is 4.74 Å². The zero-order chi connectivity index (χ0) is 10.1. The lowest BCUT2D eigenvalue weighted by Crippen LogP contribution is -1.99. The van der Waals surface area contributed by atoms with Crippen LogP contribution in [0, 0.1) is 5.82 Å². The molecule has 0 radical (unpaired) electrons. The highest BCUT2D eigenvalue weighted by atomic mass is 32.1. The number of hydrogen-bond acceptors (Lipinski definition) is 5. The van der Waals surface area contributed by atoms with Gasteiger partial charge in [0.25, 0.3) is 0 Å². The minimum absolute atomic E-state index is 0.181. The van der Waals surface area contributed by atoms with Crippen molar-refractivity contribution in [1.29, 1.82) is 0 Å². The minimum atomic E-state index is -0.534. The van der Waals surface area contributed by atoms with Crippen molar-refractivity contribution in [2.75, 3.05) is 7.11 Å². The molecule has 14 heavy (non-hydrogen) atoms. The van der Waals surface area contributed by atoms with Gasteiger partial charge < -0.3 is 4.74 Å². The fraction of sp³-hybridized carbons (Fsp3) is 0.125. The summed E-state index contributed by atoms with van der Waals surface area (Å²) in [6, 6.07) is 1.28. The first-order valence-corrected chi connectivity index (χ1v) is 4.53. The Kier molecular flexibility index (Phi) is 2.12. The zero-order valence-electron chi connectivity index (χ0n) is 7.15. The first kappa shape index (κ1) is 9.01. The molecule has 2 rings (SSSR count). The highest BCUT2D eigenvalue weighted by molar-refractivity contribution is 7.20. The molecular weight excluding hydrogens is 207 g/mol. The largest absolute Gasteiger partial charge is 0.464 e. The Labute approximate surface area is 82.4 Å². The van der Waals surface area contributed by atoms with Crippen LogP contribution in [0.15, 0.2) is 12.3 Å². The average Bonchev–Trinajstić information content (AvgIpc) is 2.59. The second-order valence-corrected chi connectivity index (χ2v) is 3.52. The topological polar surface area (TPSA) is 52.1 Å². The zero-order valence-corrected chi connectivity index (χ0v) is 7.97. The van der Waals surface area contributed by atoms with Gasteiger partial charge in [0.15, 0.2) is 5.65 Å². The van der Waals surface area contributed by atoms with Crippen LogP contribution in [0.3, 0.4) is 0 Å². The lowest BCUT2D eigenvalue weighted by Gasteiger charge is -1.89. The number of methoxy groups -OCH3 is 1. The Morgan fingerprint density at radius 3 is 3.14 bits per heavy atom. The molecule has 0 saturated heterocycles. The van der Waals surface area contributed by atoms with E-state index < -0.39 is 11.8 Å². The molecule has 0 aromatic carbocycles. The standard InChI is InChI=1S/C8H5FN2O2S/c1-13-8(12)7-11-6-5(14-7)2-4(9)3-10-6/h2-3H,1H3. The van der Waals surface area contributed by atoms with Crippen LogP contribution < -0.4 is 0 Å². The number of halogens is 1. The van der Waals surface area contributed by atoms with Gasteiger partial charge in [0.1, 0.15) is 5.82 Å². The summed E-state index contributed by atoms with van der Waals surface area (Å²) in [5, 5.41) is 0.181. The molecule has 0 N–H and O–H groups in total. The molecule has 2 aromatic heterocycles. The van der Waals surface area contributed by atoms with E-state index in [0.29, 0.717) is 10.3 Å². The predicted molar refractivity (Wildman–Crippen MR) is 48.7 cm³/mol. The summed E-state index contributed by atoms with van der Waals surface area (Å²) < 4.78 is 17.7. The summed E-state index contributed by atoms with van der Waals surface area (Å²) in [5.74, 6) is -0.981. The van der Waals surface area contributed by atoms with Crippen molar-refractivity contribution < 1.29 is 13.9 Å². The monoisotopic (exact) mass is 212 g/mol. The molecule has 0 spiro atoms. The summed E-state index contributed by atoms with van der Waals surface area (Å²) in [4.78, 5) is 18.7. The van der Waals surface area contributed by atoms with Crippen molar-refractivity contribution in [1.82, 2.24) is 9.97 Å². The van der Waals surface area contributed by atoms with E-state index in [2.05, 4.69) is 14.7 Å². The Morgan fingerprint density at radius 2 is 2.43 bits per heavy atom. The molecule has 0 fully saturated rings. The third kappa shape index (κ3) is 1.44. The van der Waals surface area contributed by atoms with Crippen molar-refractivity contribution in [3.63, 3.8) is 0 Å². The van der Waals surface area contributed by atoms with Gasteiger partial charge in [0.05, 0.1) is 18.0 Å². The van der Waals surface area contributed by atoms with Gasteiger partial charge in [-0.25, -0.2) is 19.2 Å². The van der Waals surface area contributed by atoms with E-state index in [9.17, 15) is 9.18 Å². The second-order valence-electron chi connectivity index (χ2n) is 2.49. The highest BCUT2D eigenvalue weighted by Gasteiger charge is 2.13. The van der Waals surface area contributed by atoms with E-state index in [1.807, 2.05) is 0 Å². The van der Waals surface area contributed by atoms with Crippen LogP contribution in [0.1, 0.15) is 9.80 Å². The number of aromatic nitrogens is 2. The van der Waals surface area contributed by atoms with E-state index in [1.54, 1.807) is 0 Å². The van der Waals surface area contributed by atoms with Gasteiger partial charge in [0, 0.05) is 0 Å². The number of fused-ring (bicyclic) bond motifs is 1. The molecule has 2 aromatic rings. The molecule has 0 amide bonds. The van der Waals surface area contributed by atoms with E-state index in [-0.39, 0.29) is 5.01 Å². The summed E-state index contributed by atoms with van der Waals surface area (Å²) in [7, 11) is 1.27. The predicted octanol–water partition coefficient (Wildman–Crippen LogP) is 1.62. The van der Waals surface area contributed by atoms with Crippen LogP contribution in [0.2, 0.25) is 0 Å². The molecule has 0 unspecified atom stereocenters. The normalized spacial score (nSPS) is 10.4. The van der Waals surface area contributed by atoms with Crippen LogP contribution >= 0.6 is 11.3 Å². The second kappa shape index (κ2) is 3.30. The number of pyridine rings is 1. The van der Waals surface area contributed by atoms with E-state index >= 15 is 0 Å². The van der Waals surface area contributed by atoms with Gasteiger partial charge in [-0.15, -0.1) is 11.3 Å². The Balaban J connectivity index is 2.56. The number of rotatable bonds is 1. The van der Waals surface area contributed by atoms with E-state index in [1.165, 1.54) is 13.2 Å². The number of carbonyl (C=O) groups is 1.